The van der Waals surface area contributed by atoms with Crippen LogP contribution in [0.25, 0.3) is 0 Å². The van der Waals surface area contributed by atoms with E-state index in [1.54, 1.807) is 6.08 Å². The molecular weight excluding hydrogens is 148 g/mol. The average Bonchev–Trinajstić information content (AvgIpc) is 2.15. The largest absolute Gasteiger partial charge is 0.351 e. The molecule has 0 bridgehead atoms. The second kappa shape index (κ2) is 4.34. The van der Waals surface area contributed by atoms with Gasteiger partial charge in [-0.25, -0.2) is 0 Å². The minimum atomic E-state index is 1.12. The molecule has 0 atom stereocenters. The summed E-state index contributed by atoms with van der Waals surface area (Å²) in [6.45, 7) is 0. The van der Waals surface area contributed by atoms with Crippen molar-refractivity contribution in [2.24, 2.45) is 0 Å². The van der Waals surface area contributed by atoms with Crippen LogP contribution in [-0.2, 0) is 0 Å². The van der Waals surface area contributed by atoms with Crippen molar-refractivity contribution in [3.8, 4) is 0 Å². The number of nitrogens with one attached hydrogen (secondary N) is 1. The van der Waals surface area contributed by atoms with E-state index in [2.05, 4.69) is 0 Å². The van der Waals surface area contributed by atoms with Crippen LogP contribution in [0.4, 0.5) is 5.69 Å². The highest BCUT2D eigenvalue weighted by molar-refractivity contribution is 5.68. The van der Waals surface area contributed by atoms with E-state index >= 15 is 0 Å². The lowest BCUT2D eigenvalue weighted by Crippen LogP contribution is -2.06. The van der Waals surface area contributed by atoms with Crippen molar-refractivity contribution in [2.75, 3.05) is 11.9 Å². The van der Waals surface area contributed by atoms with Crippen LogP contribution in [-0.4, -0.2) is 13.3 Å². The fourth-order valence-corrected chi connectivity index (χ4v) is 0.921. The van der Waals surface area contributed by atoms with Gasteiger partial charge in [0.05, 0.1) is 0 Å². The molecule has 0 spiro atoms. The van der Waals surface area contributed by atoms with Crippen LogP contribution >= 0.6 is 0 Å². The van der Waals surface area contributed by atoms with Crippen LogP contribution in [0.3, 0.4) is 0 Å². The van der Waals surface area contributed by atoms with E-state index in [-0.39, 0.29) is 0 Å². The highest BCUT2D eigenvalue weighted by Gasteiger charge is 1.91. The molecule has 0 saturated heterocycles. The van der Waals surface area contributed by atoms with Crippen LogP contribution in [0.5, 0.6) is 0 Å². The van der Waals surface area contributed by atoms with Crippen molar-refractivity contribution < 1.29 is 0 Å². The molecule has 0 radical (unpaired) electrons. The second-order valence-corrected chi connectivity index (χ2v) is 2.45. The van der Waals surface area contributed by atoms with Crippen LogP contribution in [0.15, 0.2) is 42.6 Å². The Labute approximate surface area is 72.6 Å². The van der Waals surface area contributed by atoms with Gasteiger partial charge in [-0.1, -0.05) is 18.2 Å². The zero-order chi connectivity index (χ0) is 8.81. The molecule has 0 aromatic heterocycles. The minimum absolute atomic E-state index is 1.12. The van der Waals surface area contributed by atoms with Crippen molar-refractivity contribution in [1.29, 1.82) is 5.41 Å². The van der Waals surface area contributed by atoms with Crippen LogP contribution < -0.4 is 4.90 Å². The van der Waals surface area contributed by atoms with E-state index in [1.165, 1.54) is 6.21 Å². The first-order valence-electron chi connectivity index (χ1n) is 3.80. The average molecular weight is 160 g/mol. The van der Waals surface area contributed by atoms with E-state index in [0.717, 1.165) is 5.69 Å². The van der Waals surface area contributed by atoms with Crippen molar-refractivity contribution in [1.82, 2.24) is 0 Å². The molecule has 2 heteroatoms. The van der Waals surface area contributed by atoms with E-state index in [9.17, 15) is 0 Å². The summed E-state index contributed by atoms with van der Waals surface area (Å²) >= 11 is 0. The van der Waals surface area contributed by atoms with Crippen LogP contribution in [0.2, 0.25) is 0 Å². The zero-order valence-electron chi connectivity index (χ0n) is 7.07. The summed E-state index contributed by atoms with van der Waals surface area (Å²) in [6.07, 6.45) is 4.80. The van der Waals surface area contributed by atoms with Crippen molar-refractivity contribution in [2.45, 2.75) is 0 Å². The van der Waals surface area contributed by atoms with Gasteiger partial charge in [0.25, 0.3) is 0 Å². The second-order valence-electron chi connectivity index (χ2n) is 2.45. The Bertz CT molecular complexity index is 264. The Morgan fingerprint density at radius 2 is 1.92 bits per heavy atom. The van der Waals surface area contributed by atoms with Crippen LogP contribution in [0, 0.1) is 5.41 Å². The number of hydrogen-bond acceptors (Lipinski definition) is 2. The van der Waals surface area contributed by atoms with Crippen molar-refractivity contribution >= 4 is 11.9 Å². The number of anilines is 1. The lowest BCUT2D eigenvalue weighted by molar-refractivity contribution is 1.21. The van der Waals surface area contributed by atoms with Gasteiger partial charge in [0.1, 0.15) is 0 Å². The smallest absolute Gasteiger partial charge is 0.0403 e. The molecule has 2 nitrogen and oxygen atoms in total. The Hall–Kier alpha value is -1.57. The maximum Gasteiger partial charge on any atom is 0.0403 e. The van der Waals surface area contributed by atoms with Crippen molar-refractivity contribution in [3.63, 3.8) is 0 Å². The molecule has 62 valence electrons. The van der Waals surface area contributed by atoms with Gasteiger partial charge in [0, 0.05) is 25.1 Å². The Morgan fingerprint density at radius 1 is 1.25 bits per heavy atom. The van der Waals surface area contributed by atoms with E-state index in [4.69, 9.17) is 5.41 Å². The SMILES string of the molecule is CN(/C=C\C=N)c1ccccc1. The van der Waals surface area contributed by atoms with E-state index in [1.807, 2.05) is 48.5 Å². The summed E-state index contributed by atoms with van der Waals surface area (Å²) in [5.74, 6) is 0. The monoisotopic (exact) mass is 160 g/mol. The summed E-state index contributed by atoms with van der Waals surface area (Å²) < 4.78 is 0. The lowest BCUT2D eigenvalue weighted by Gasteiger charge is -2.12. The maximum absolute atomic E-state index is 6.82. The third-order valence-corrected chi connectivity index (χ3v) is 1.57. The number of hydrogen-bond donors (Lipinski definition) is 1. The van der Waals surface area contributed by atoms with Gasteiger partial charge >= 0.3 is 0 Å². The summed E-state index contributed by atoms with van der Waals surface area (Å²) in [5.41, 5.74) is 1.12. The standard InChI is InChI=1S/C10H12N2/c1-12(9-5-8-11)10-6-3-2-4-7-10/h2-9,11H,1H3/b9-5-,11-8?. The van der Waals surface area contributed by atoms with Gasteiger partial charge in [-0.3, -0.25) is 0 Å². The topological polar surface area (TPSA) is 27.1 Å². The maximum atomic E-state index is 6.82. The van der Waals surface area contributed by atoms with Gasteiger partial charge in [-0.15, -0.1) is 0 Å². The molecule has 0 heterocycles. The van der Waals surface area contributed by atoms with Gasteiger partial charge in [-0.05, 0) is 18.2 Å². The predicted molar refractivity (Wildman–Crippen MR) is 52.8 cm³/mol. The molecule has 0 aliphatic rings. The third kappa shape index (κ3) is 2.23. The minimum Gasteiger partial charge on any atom is -0.351 e. The molecule has 1 aromatic rings. The van der Waals surface area contributed by atoms with Gasteiger partial charge < -0.3 is 10.3 Å². The Morgan fingerprint density at radius 3 is 2.50 bits per heavy atom. The first-order chi connectivity index (χ1) is 5.84. The third-order valence-electron chi connectivity index (χ3n) is 1.57. The molecule has 0 unspecified atom stereocenters. The number of nitrogens with zero attached hydrogens (tertiary/aromatic N) is 1. The predicted octanol–water partition coefficient (Wildman–Crippen LogP) is 2.29. The van der Waals surface area contributed by atoms with Gasteiger partial charge in [0.2, 0.25) is 0 Å². The molecular formula is C10H12N2. The van der Waals surface area contributed by atoms with Crippen molar-refractivity contribution in [3.05, 3.63) is 42.6 Å². The zero-order valence-corrected chi connectivity index (χ0v) is 7.07. The molecule has 1 aromatic carbocycles. The summed E-state index contributed by atoms with van der Waals surface area (Å²) in [6, 6.07) is 10.0. The highest BCUT2D eigenvalue weighted by atomic mass is 15.1. The lowest BCUT2D eigenvalue weighted by atomic mass is 10.3. The molecule has 0 aliphatic heterocycles. The number of rotatable bonds is 3. The first-order valence-corrected chi connectivity index (χ1v) is 3.80. The molecule has 0 amide bonds. The molecule has 0 saturated carbocycles. The fourth-order valence-electron chi connectivity index (χ4n) is 0.921. The normalized spacial score (nSPS) is 10.1. The van der Waals surface area contributed by atoms with E-state index in [0.29, 0.717) is 0 Å². The van der Waals surface area contributed by atoms with Gasteiger partial charge in [0.15, 0.2) is 0 Å². The Balaban J connectivity index is 2.71. The molecule has 0 fully saturated rings. The summed E-state index contributed by atoms with van der Waals surface area (Å²) in [7, 11) is 1.95. The number of benzene rings is 1. The van der Waals surface area contributed by atoms with Gasteiger partial charge in [-0.2, -0.15) is 0 Å². The molecule has 0 aliphatic carbocycles. The van der Waals surface area contributed by atoms with E-state index < -0.39 is 0 Å². The highest BCUT2D eigenvalue weighted by Crippen LogP contribution is 2.10. The summed E-state index contributed by atoms with van der Waals surface area (Å²) in [4.78, 5) is 1.96. The number of allylic oxidation sites excluding steroid dienone is 1. The van der Waals surface area contributed by atoms with Crippen LogP contribution in [0.1, 0.15) is 0 Å². The molecule has 12 heavy (non-hydrogen) atoms. The molecule has 1 N–H and O–H groups in total. The first kappa shape index (κ1) is 8.53. The fraction of sp³-hybridized carbons (Fsp3) is 0.100. The quantitative estimate of drug-likeness (QED) is 0.675. The summed E-state index contributed by atoms with van der Waals surface area (Å²) in [5, 5.41) is 6.82. The molecule has 1 rings (SSSR count). The number of para-hydroxylation sites is 1. The Kier molecular flexibility index (Phi) is 3.08.